The van der Waals surface area contributed by atoms with E-state index in [0.29, 0.717) is 17.4 Å². The van der Waals surface area contributed by atoms with Crippen LogP contribution in [0.25, 0.3) is 0 Å². The summed E-state index contributed by atoms with van der Waals surface area (Å²) in [5, 5.41) is 0. The minimum atomic E-state index is -4.62. The van der Waals surface area contributed by atoms with Crippen LogP contribution in [-0.4, -0.2) is 70.0 Å². The molecule has 0 bridgehead atoms. The highest BCUT2D eigenvalue weighted by molar-refractivity contribution is 7.45. The number of quaternary nitrogens is 1. The second-order valence-corrected chi connectivity index (χ2v) is 18.9. The first kappa shape index (κ1) is 55.8. The molecule has 2 unspecified atom stereocenters. The summed E-state index contributed by atoms with van der Waals surface area (Å²) in [6.07, 6.45) is 42.3. The molecule has 0 aromatic carbocycles. The van der Waals surface area contributed by atoms with E-state index in [9.17, 15) is 19.0 Å². The maximum Gasteiger partial charge on any atom is 0.306 e. The van der Waals surface area contributed by atoms with E-state index in [2.05, 4.69) is 26.0 Å². The first-order valence-corrected chi connectivity index (χ1v) is 25.4. The Hall–Kier alpha value is -1.25. The molecule has 338 valence electrons. The van der Waals surface area contributed by atoms with Gasteiger partial charge in [0.05, 0.1) is 27.7 Å². The van der Waals surface area contributed by atoms with Crippen LogP contribution in [0.3, 0.4) is 0 Å². The molecule has 57 heavy (non-hydrogen) atoms. The zero-order valence-corrected chi connectivity index (χ0v) is 38.9. The Morgan fingerprint density at radius 3 is 1.30 bits per heavy atom. The molecular weight excluding hydrogens is 737 g/mol. The fourth-order valence-corrected chi connectivity index (χ4v) is 7.50. The summed E-state index contributed by atoms with van der Waals surface area (Å²) in [6, 6.07) is 0. The highest BCUT2D eigenvalue weighted by Crippen LogP contribution is 2.38. The lowest BCUT2D eigenvalue weighted by atomic mass is 10.0. The van der Waals surface area contributed by atoms with Crippen molar-refractivity contribution in [1.82, 2.24) is 0 Å². The third-order valence-corrected chi connectivity index (χ3v) is 11.5. The number of unbranched alkanes of at least 4 members (excludes halogenated alkanes) is 28. The quantitative estimate of drug-likeness (QED) is 0.0196. The fraction of sp³-hybridized carbons (Fsp3) is 0.915. The number of hydrogen-bond donors (Lipinski definition) is 0. The summed E-state index contributed by atoms with van der Waals surface area (Å²) < 4.78 is 34.0. The summed E-state index contributed by atoms with van der Waals surface area (Å²) in [6.45, 7) is 4.25. The van der Waals surface area contributed by atoms with Gasteiger partial charge < -0.3 is 27.9 Å². The minimum absolute atomic E-state index is 0.0292. The maximum atomic E-state index is 12.7. The Labute approximate surface area is 352 Å². The largest absolute Gasteiger partial charge is 0.756 e. The van der Waals surface area contributed by atoms with E-state index in [0.717, 1.165) is 51.4 Å². The van der Waals surface area contributed by atoms with Gasteiger partial charge >= 0.3 is 11.9 Å². The lowest BCUT2D eigenvalue weighted by Crippen LogP contribution is -2.37. The van der Waals surface area contributed by atoms with E-state index < -0.39 is 26.5 Å². The van der Waals surface area contributed by atoms with Gasteiger partial charge in [0.2, 0.25) is 0 Å². The van der Waals surface area contributed by atoms with Crippen LogP contribution in [0.1, 0.15) is 226 Å². The average molecular weight is 830 g/mol. The van der Waals surface area contributed by atoms with Crippen molar-refractivity contribution in [2.45, 2.75) is 232 Å². The number of hydrogen-bond acceptors (Lipinski definition) is 8. The number of phosphoric acid groups is 1. The zero-order valence-electron chi connectivity index (χ0n) is 38.1. The van der Waals surface area contributed by atoms with Gasteiger partial charge in [-0.25, -0.2) is 0 Å². The highest BCUT2D eigenvalue weighted by Gasteiger charge is 2.21. The van der Waals surface area contributed by atoms with Crippen LogP contribution in [0.4, 0.5) is 0 Å². The zero-order chi connectivity index (χ0) is 42.1. The predicted octanol–water partition coefficient (Wildman–Crippen LogP) is 13.1. The number of allylic oxidation sites excluding steroid dienone is 2. The summed E-state index contributed by atoms with van der Waals surface area (Å²) in [5.74, 6) is -0.832. The van der Waals surface area contributed by atoms with Crippen molar-refractivity contribution in [3.05, 3.63) is 12.2 Å². The van der Waals surface area contributed by atoms with E-state index in [-0.39, 0.29) is 32.0 Å². The van der Waals surface area contributed by atoms with Gasteiger partial charge in [-0.1, -0.05) is 187 Å². The van der Waals surface area contributed by atoms with Crippen LogP contribution in [0.2, 0.25) is 0 Å². The van der Waals surface area contributed by atoms with Crippen molar-refractivity contribution in [3.8, 4) is 0 Å². The third-order valence-electron chi connectivity index (χ3n) is 10.5. The third kappa shape index (κ3) is 44.1. The van der Waals surface area contributed by atoms with Gasteiger partial charge in [0.15, 0.2) is 6.10 Å². The lowest BCUT2D eigenvalue weighted by molar-refractivity contribution is -0.870. The van der Waals surface area contributed by atoms with Gasteiger partial charge in [0.1, 0.15) is 19.8 Å². The number of nitrogens with zero attached hydrogens (tertiary/aromatic N) is 1. The van der Waals surface area contributed by atoms with Crippen molar-refractivity contribution in [2.75, 3.05) is 47.5 Å². The maximum absolute atomic E-state index is 12.7. The number of carbonyl (C=O) groups excluding carboxylic acids is 2. The van der Waals surface area contributed by atoms with Crippen molar-refractivity contribution in [1.29, 1.82) is 0 Å². The Balaban J connectivity index is 4.27. The van der Waals surface area contributed by atoms with Crippen molar-refractivity contribution < 1.29 is 42.1 Å². The van der Waals surface area contributed by atoms with E-state index in [1.165, 1.54) is 141 Å². The molecule has 0 aromatic rings. The highest BCUT2D eigenvalue weighted by atomic mass is 31.2. The van der Waals surface area contributed by atoms with E-state index >= 15 is 0 Å². The topological polar surface area (TPSA) is 111 Å². The van der Waals surface area contributed by atoms with Gasteiger partial charge in [0.25, 0.3) is 7.82 Å². The SMILES string of the molecule is CCCCCCCC/C=C\CCCCCCCC(=O)OC(COC(=O)CCCCCCCCCCCCCCCCCCCC)COP(=O)([O-])OCC[N+](C)(C)C. The number of carbonyl (C=O) groups is 2. The first-order chi connectivity index (χ1) is 27.5. The molecule has 0 aliphatic carbocycles. The van der Waals surface area contributed by atoms with Crippen LogP contribution in [0.5, 0.6) is 0 Å². The summed E-state index contributed by atoms with van der Waals surface area (Å²) in [7, 11) is 1.17. The van der Waals surface area contributed by atoms with Crippen LogP contribution in [-0.2, 0) is 32.7 Å². The normalized spacial score (nSPS) is 13.6. The minimum Gasteiger partial charge on any atom is -0.756 e. The standard InChI is InChI=1S/C47H92NO8P/c1-6-8-10-12-14-16-18-20-22-23-24-26-27-29-31-33-35-37-39-46(49)53-43-45(44-55-57(51,52)54-42-41-48(3,4)5)56-47(50)40-38-36-34-32-30-28-25-21-19-17-15-13-11-9-7-2/h21,25,45H,6-20,22-24,26-44H2,1-5H3/b25-21-. The second-order valence-electron chi connectivity index (χ2n) is 17.5. The number of esters is 2. The molecule has 9 nitrogen and oxygen atoms in total. The molecule has 0 rings (SSSR count). The van der Waals surface area contributed by atoms with Crippen LogP contribution < -0.4 is 4.89 Å². The average Bonchev–Trinajstić information content (AvgIpc) is 3.16. The summed E-state index contributed by atoms with van der Waals surface area (Å²) >= 11 is 0. The van der Waals surface area contributed by atoms with Crippen molar-refractivity contribution in [3.63, 3.8) is 0 Å². The number of phosphoric ester groups is 1. The number of ether oxygens (including phenoxy) is 2. The fourth-order valence-electron chi connectivity index (χ4n) is 6.77. The molecule has 0 aliphatic rings. The molecule has 0 spiro atoms. The molecule has 0 N–H and O–H groups in total. The summed E-state index contributed by atoms with van der Waals surface area (Å²) in [5.41, 5.74) is 0. The van der Waals surface area contributed by atoms with Crippen LogP contribution in [0, 0.1) is 0 Å². The van der Waals surface area contributed by atoms with Gasteiger partial charge in [-0.2, -0.15) is 0 Å². The Morgan fingerprint density at radius 1 is 0.526 bits per heavy atom. The summed E-state index contributed by atoms with van der Waals surface area (Å²) in [4.78, 5) is 37.6. The number of rotatable bonds is 44. The molecular formula is C47H92NO8P. The van der Waals surface area contributed by atoms with E-state index in [4.69, 9.17) is 18.5 Å². The van der Waals surface area contributed by atoms with Gasteiger partial charge in [-0.3, -0.25) is 14.2 Å². The molecule has 0 radical (unpaired) electrons. The van der Waals surface area contributed by atoms with Gasteiger partial charge in [0, 0.05) is 12.8 Å². The molecule has 10 heteroatoms. The molecule has 0 aliphatic heterocycles. The van der Waals surface area contributed by atoms with Crippen LogP contribution >= 0.6 is 7.82 Å². The van der Waals surface area contributed by atoms with Gasteiger partial charge in [-0.15, -0.1) is 0 Å². The van der Waals surface area contributed by atoms with Crippen molar-refractivity contribution >= 4 is 19.8 Å². The van der Waals surface area contributed by atoms with Gasteiger partial charge in [-0.05, 0) is 38.5 Å². The second kappa shape index (κ2) is 40.2. The lowest BCUT2D eigenvalue weighted by Gasteiger charge is -2.28. The molecule has 0 saturated heterocycles. The Bertz CT molecular complexity index is 985. The monoisotopic (exact) mass is 830 g/mol. The first-order valence-electron chi connectivity index (χ1n) is 23.9. The van der Waals surface area contributed by atoms with E-state index in [1.54, 1.807) is 0 Å². The Kier molecular flexibility index (Phi) is 39.3. The van der Waals surface area contributed by atoms with Crippen molar-refractivity contribution in [2.24, 2.45) is 0 Å². The number of likely N-dealkylation sites (N-methyl/N-ethyl adjacent to an activating group) is 1. The Morgan fingerprint density at radius 2 is 0.895 bits per heavy atom. The molecule has 0 heterocycles. The molecule has 0 fully saturated rings. The molecule has 2 atom stereocenters. The predicted molar refractivity (Wildman–Crippen MR) is 236 cm³/mol. The molecule has 0 aromatic heterocycles. The molecule has 0 saturated carbocycles. The van der Waals surface area contributed by atoms with Crippen LogP contribution in [0.15, 0.2) is 12.2 Å². The smallest absolute Gasteiger partial charge is 0.306 e. The van der Waals surface area contributed by atoms with E-state index in [1.807, 2.05) is 21.1 Å². The molecule has 0 amide bonds.